The van der Waals surface area contributed by atoms with Gasteiger partial charge in [-0.25, -0.2) is 4.99 Å². The van der Waals surface area contributed by atoms with E-state index in [9.17, 15) is 0 Å². The van der Waals surface area contributed by atoms with Crippen LogP contribution in [0.2, 0.25) is 0 Å². The highest BCUT2D eigenvalue weighted by Crippen LogP contribution is 2.30. The van der Waals surface area contributed by atoms with E-state index in [-0.39, 0.29) is 0 Å². The first-order valence-electron chi connectivity index (χ1n) is 8.91. The highest BCUT2D eigenvalue weighted by molar-refractivity contribution is 6.13. The molecular weight excluding hydrogens is 292 g/mol. The molecule has 0 heterocycles. The van der Waals surface area contributed by atoms with Crippen LogP contribution in [-0.2, 0) is 0 Å². The van der Waals surface area contributed by atoms with Gasteiger partial charge in [0.05, 0.1) is 11.4 Å². The zero-order valence-electron chi connectivity index (χ0n) is 14.4. The van der Waals surface area contributed by atoms with E-state index >= 15 is 0 Å². The molecular formula is C22H26N2. The molecule has 1 saturated carbocycles. The molecule has 1 aliphatic carbocycles. The Hall–Kier alpha value is -2.35. The molecule has 2 heteroatoms. The minimum Gasteiger partial charge on any atom is -0.402 e. The van der Waals surface area contributed by atoms with Gasteiger partial charge in [-0.3, -0.25) is 0 Å². The van der Waals surface area contributed by atoms with Crippen molar-refractivity contribution in [2.75, 3.05) is 0 Å². The Labute approximate surface area is 145 Å². The minimum absolute atomic E-state index is 0.503. The fourth-order valence-corrected chi connectivity index (χ4v) is 3.45. The normalized spacial score (nSPS) is 17.5. The molecule has 0 aliphatic heterocycles. The highest BCUT2D eigenvalue weighted by Gasteiger charge is 2.20. The van der Waals surface area contributed by atoms with Crippen molar-refractivity contribution in [1.82, 2.24) is 0 Å². The molecule has 2 aromatic carbocycles. The zero-order valence-corrected chi connectivity index (χ0v) is 14.4. The average Bonchev–Trinajstić information content (AvgIpc) is 2.67. The van der Waals surface area contributed by atoms with Crippen molar-refractivity contribution in [2.24, 2.45) is 16.6 Å². The van der Waals surface area contributed by atoms with Gasteiger partial charge in [-0.05, 0) is 43.4 Å². The van der Waals surface area contributed by atoms with E-state index in [0.29, 0.717) is 5.92 Å². The summed E-state index contributed by atoms with van der Waals surface area (Å²) in [6.07, 6.45) is 6.32. The number of hydrogen-bond acceptors (Lipinski definition) is 2. The molecule has 2 aromatic rings. The molecule has 0 unspecified atom stereocenters. The molecule has 0 amide bonds. The molecule has 0 saturated heterocycles. The number of rotatable bonds is 4. The van der Waals surface area contributed by atoms with Crippen molar-refractivity contribution in [3.8, 4) is 0 Å². The van der Waals surface area contributed by atoms with E-state index in [4.69, 9.17) is 10.7 Å². The summed E-state index contributed by atoms with van der Waals surface area (Å²) in [5.74, 6) is 0.503. The second kappa shape index (κ2) is 7.96. The van der Waals surface area contributed by atoms with Crippen molar-refractivity contribution in [2.45, 2.75) is 39.0 Å². The molecule has 2 nitrogen and oxygen atoms in total. The van der Waals surface area contributed by atoms with Gasteiger partial charge >= 0.3 is 0 Å². The first kappa shape index (κ1) is 16.5. The quantitative estimate of drug-likeness (QED) is 0.730. The van der Waals surface area contributed by atoms with Crippen molar-refractivity contribution in [1.29, 1.82) is 0 Å². The zero-order chi connectivity index (χ0) is 16.8. The Bertz CT molecular complexity index is 708. The van der Waals surface area contributed by atoms with E-state index in [1.54, 1.807) is 0 Å². The summed E-state index contributed by atoms with van der Waals surface area (Å²) in [7, 11) is 0. The Morgan fingerprint density at radius 3 is 2.08 bits per heavy atom. The largest absolute Gasteiger partial charge is 0.402 e. The molecule has 1 fully saturated rings. The Morgan fingerprint density at radius 2 is 1.46 bits per heavy atom. The summed E-state index contributed by atoms with van der Waals surface area (Å²) in [6.45, 7) is 2.12. The predicted octanol–water partition coefficient (Wildman–Crippen LogP) is 5.62. The van der Waals surface area contributed by atoms with E-state index < -0.39 is 0 Å². The number of allylic oxidation sites excluding steroid dienone is 2. The van der Waals surface area contributed by atoms with Crippen LogP contribution in [0.4, 0.5) is 5.69 Å². The van der Waals surface area contributed by atoms with Gasteiger partial charge in [0.15, 0.2) is 0 Å². The van der Waals surface area contributed by atoms with Crippen molar-refractivity contribution >= 4 is 11.4 Å². The Morgan fingerprint density at radius 1 is 0.875 bits per heavy atom. The van der Waals surface area contributed by atoms with Crippen LogP contribution in [0.3, 0.4) is 0 Å². The van der Waals surface area contributed by atoms with Gasteiger partial charge in [-0.2, -0.15) is 0 Å². The van der Waals surface area contributed by atoms with Crippen LogP contribution in [0.25, 0.3) is 0 Å². The summed E-state index contributed by atoms with van der Waals surface area (Å²) in [5.41, 5.74) is 11.8. The number of benzene rings is 2. The van der Waals surface area contributed by atoms with E-state index in [0.717, 1.165) is 28.2 Å². The van der Waals surface area contributed by atoms with Crippen LogP contribution in [0, 0.1) is 5.92 Å². The van der Waals surface area contributed by atoms with E-state index in [2.05, 4.69) is 31.2 Å². The van der Waals surface area contributed by atoms with Gasteiger partial charge < -0.3 is 5.73 Å². The lowest BCUT2D eigenvalue weighted by Gasteiger charge is -2.24. The van der Waals surface area contributed by atoms with Crippen LogP contribution >= 0.6 is 0 Å². The summed E-state index contributed by atoms with van der Waals surface area (Å²) in [4.78, 5) is 4.92. The number of nitrogens with two attached hydrogens (primary N) is 1. The maximum atomic E-state index is 6.58. The molecule has 0 atom stereocenters. The smallest absolute Gasteiger partial charge is 0.0755 e. The molecule has 2 N–H and O–H groups in total. The summed E-state index contributed by atoms with van der Waals surface area (Å²) in [5, 5.41) is 0. The van der Waals surface area contributed by atoms with Gasteiger partial charge in [-0.1, -0.05) is 67.8 Å². The van der Waals surface area contributed by atoms with Gasteiger partial charge in [-0.15, -0.1) is 0 Å². The lowest BCUT2D eigenvalue weighted by Crippen LogP contribution is -2.20. The number of nitrogens with zero attached hydrogens (tertiary/aromatic N) is 1. The first-order valence-corrected chi connectivity index (χ1v) is 8.91. The molecule has 124 valence electrons. The van der Waals surface area contributed by atoms with Gasteiger partial charge in [0.2, 0.25) is 0 Å². The monoisotopic (exact) mass is 318 g/mol. The molecule has 0 bridgehead atoms. The first-order chi connectivity index (χ1) is 11.8. The van der Waals surface area contributed by atoms with Crippen LogP contribution in [0.1, 0.15) is 44.6 Å². The Balaban J connectivity index is 2.02. The van der Waals surface area contributed by atoms with Crippen molar-refractivity contribution < 1.29 is 0 Å². The topological polar surface area (TPSA) is 38.4 Å². The molecule has 0 aromatic heterocycles. The fourth-order valence-electron chi connectivity index (χ4n) is 3.45. The third-order valence-electron chi connectivity index (χ3n) is 4.88. The molecule has 0 radical (unpaired) electrons. The lowest BCUT2D eigenvalue weighted by atomic mass is 9.84. The summed E-state index contributed by atoms with van der Waals surface area (Å²) in [6, 6.07) is 20.5. The van der Waals surface area contributed by atoms with Crippen LogP contribution in [-0.4, -0.2) is 5.71 Å². The predicted molar refractivity (Wildman–Crippen MR) is 103 cm³/mol. The SMILES string of the molecule is C/C(C(=Nc1ccccc1)c1ccccc1)=C(/N)C1CCCCC1. The van der Waals surface area contributed by atoms with Crippen LogP contribution in [0.15, 0.2) is 76.9 Å². The van der Waals surface area contributed by atoms with Crippen molar-refractivity contribution in [3.63, 3.8) is 0 Å². The third-order valence-corrected chi connectivity index (χ3v) is 4.88. The van der Waals surface area contributed by atoms with Gasteiger partial charge in [0.1, 0.15) is 0 Å². The van der Waals surface area contributed by atoms with Crippen molar-refractivity contribution in [3.05, 3.63) is 77.5 Å². The average molecular weight is 318 g/mol. The van der Waals surface area contributed by atoms with E-state index in [1.165, 1.54) is 32.1 Å². The number of para-hydroxylation sites is 1. The second-order valence-electron chi connectivity index (χ2n) is 6.58. The maximum absolute atomic E-state index is 6.58. The summed E-state index contributed by atoms with van der Waals surface area (Å²) < 4.78 is 0. The maximum Gasteiger partial charge on any atom is 0.0755 e. The van der Waals surface area contributed by atoms with Gasteiger partial charge in [0, 0.05) is 11.3 Å². The molecule has 3 rings (SSSR count). The highest BCUT2D eigenvalue weighted by atomic mass is 14.8. The number of aliphatic imine (C=N–C) groups is 1. The molecule has 0 spiro atoms. The van der Waals surface area contributed by atoms with Gasteiger partial charge in [0.25, 0.3) is 0 Å². The van der Waals surface area contributed by atoms with Crippen LogP contribution in [0.5, 0.6) is 0 Å². The van der Waals surface area contributed by atoms with E-state index in [1.807, 2.05) is 36.4 Å². The number of hydrogen-bond donors (Lipinski definition) is 1. The lowest BCUT2D eigenvalue weighted by molar-refractivity contribution is 0.399. The third kappa shape index (κ3) is 3.94. The minimum atomic E-state index is 0.503. The molecule has 24 heavy (non-hydrogen) atoms. The fraction of sp³-hybridized carbons (Fsp3) is 0.318. The second-order valence-corrected chi connectivity index (χ2v) is 6.58. The Kier molecular flexibility index (Phi) is 5.47. The van der Waals surface area contributed by atoms with Crippen LogP contribution < -0.4 is 5.73 Å². The standard InChI is InChI=1S/C22H26N2/c1-17(21(23)18-11-5-2-6-12-18)22(19-13-7-3-8-14-19)24-20-15-9-4-10-16-20/h3-4,7-10,13-16,18H,2,5-6,11-12,23H2,1H3/b21-17-,24-22?. The summed E-state index contributed by atoms with van der Waals surface area (Å²) >= 11 is 0. The molecule has 1 aliphatic rings.